The minimum atomic E-state index is -0.0793. The number of fused-ring (bicyclic) bond motifs is 2. The van der Waals surface area contributed by atoms with E-state index >= 15 is 0 Å². The number of nitrogens with zero attached hydrogens (tertiary/aromatic N) is 2. The summed E-state index contributed by atoms with van der Waals surface area (Å²) in [4.78, 5) is 17.8. The summed E-state index contributed by atoms with van der Waals surface area (Å²) in [7, 11) is 0. The molecule has 0 spiro atoms. The van der Waals surface area contributed by atoms with Gasteiger partial charge in [-0.05, 0) is 50.4 Å². The molecule has 3 rings (SSSR count). The molecule has 0 aliphatic carbocycles. The van der Waals surface area contributed by atoms with Crippen molar-refractivity contribution in [2.24, 2.45) is 0 Å². The minimum Gasteiger partial charge on any atom is -0.492 e. The van der Waals surface area contributed by atoms with Crippen molar-refractivity contribution in [1.82, 2.24) is 9.80 Å². The highest BCUT2D eigenvalue weighted by Crippen LogP contribution is 2.28. The molecule has 1 aromatic heterocycles. The van der Waals surface area contributed by atoms with Crippen LogP contribution in [0.15, 0.2) is 45.6 Å². The van der Waals surface area contributed by atoms with Gasteiger partial charge in [-0.3, -0.25) is 4.79 Å². The van der Waals surface area contributed by atoms with E-state index in [4.69, 9.17) is 13.9 Å². The summed E-state index contributed by atoms with van der Waals surface area (Å²) < 4.78 is 17.9. The average Bonchev–Trinajstić information content (AvgIpc) is 2.79. The van der Waals surface area contributed by atoms with Crippen LogP contribution >= 0.6 is 0 Å². The smallest absolute Gasteiger partial charge is 0.204 e. The quantitative estimate of drug-likeness (QED) is 0.401. The minimum absolute atomic E-state index is 0.0793. The molecule has 1 heterocycles. The normalized spacial score (nSPS) is 11.7. The van der Waals surface area contributed by atoms with Crippen LogP contribution in [-0.4, -0.2) is 62.3 Å². The van der Waals surface area contributed by atoms with Crippen LogP contribution in [0.2, 0.25) is 0 Å². The van der Waals surface area contributed by atoms with Crippen LogP contribution in [0.5, 0.6) is 11.5 Å². The van der Waals surface area contributed by atoms with Crippen LogP contribution in [0.1, 0.15) is 27.7 Å². The van der Waals surface area contributed by atoms with Gasteiger partial charge in [0.05, 0.1) is 5.39 Å². The van der Waals surface area contributed by atoms with E-state index in [0.717, 1.165) is 39.3 Å². The largest absolute Gasteiger partial charge is 0.492 e. The Balaban J connectivity index is 1.82. The van der Waals surface area contributed by atoms with E-state index in [9.17, 15) is 4.79 Å². The highest BCUT2D eigenvalue weighted by Gasteiger charge is 2.14. The molecule has 2 aromatic carbocycles. The maximum Gasteiger partial charge on any atom is 0.204 e. The van der Waals surface area contributed by atoms with Gasteiger partial charge < -0.3 is 23.7 Å². The molecule has 0 bridgehead atoms. The molecule has 0 saturated heterocycles. The molecule has 0 fully saturated rings. The SMILES string of the molecule is CCN(CC)CCOc1ccc2c(=O)c3c(OCCN(CC)CC)cccc3oc2c1. The van der Waals surface area contributed by atoms with Gasteiger partial charge in [0.15, 0.2) is 0 Å². The Bertz CT molecular complexity index is 1040. The molecule has 6 nitrogen and oxygen atoms in total. The van der Waals surface area contributed by atoms with Crippen molar-refractivity contribution in [3.05, 3.63) is 46.6 Å². The topological polar surface area (TPSA) is 55.1 Å². The van der Waals surface area contributed by atoms with Crippen molar-refractivity contribution >= 4 is 21.9 Å². The highest BCUT2D eigenvalue weighted by atomic mass is 16.5. The molecule has 0 aliphatic heterocycles. The van der Waals surface area contributed by atoms with Crippen LogP contribution < -0.4 is 14.9 Å². The van der Waals surface area contributed by atoms with E-state index in [1.807, 2.05) is 18.2 Å². The van der Waals surface area contributed by atoms with Gasteiger partial charge >= 0.3 is 0 Å². The number of rotatable bonds is 12. The fourth-order valence-corrected chi connectivity index (χ4v) is 3.71. The Labute approximate surface area is 184 Å². The number of hydrogen-bond donors (Lipinski definition) is 0. The second kappa shape index (κ2) is 11.2. The molecule has 0 aliphatic rings. The first-order valence-electron chi connectivity index (χ1n) is 11.3. The summed E-state index contributed by atoms with van der Waals surface area (Å²) in [5.74, 6) is 1.27. The van der Waals surface area contributed by atoms with Gasteiger partial charge in [0.1, 0.15) is 41.3 Å². The monoisotopic (exact) mass is 426 g/mol. The third-order valence-corrected chi connectivity index (χ3v) is 5.76. The van der Waals surface area contributed by atoms with E-state index in [0.29, 0.717) is 46.7 Å². The number of ether oxygens (including phenoxy) is 2. The number of hydrogen-bond acceptors (Lipinski definition) is 6. The first-order valence-corrected chi connectivity index (χ1v) is 11.3. The lowest BCUT2D eigenvalue weighted by Gasteiger charge is -2.18. The Morgan fingerprint density at radius 2 is 1.45 bits per heavy atom. The van der Waals surface area contributed by atoms with E-state index < -0.39 is 0 Å². The first kappa shape index (κ1) is 23.1. The summed E-state index contributed by atoms with van der Waals surface area (Å²) in [5, 5.41) is 1.02. The maximum absolute atomic E-state index is 13.2. The Morgan fingerprint density at radius 3 is 2.10 bits per heavy atom. The van der Waals surface area contributed by atoms with Crippen LogP contribution in [0.4, 0.5) is 0 Å². The van der Waals surface area contributed by atoms with Crippen LogP contribution in [-0.2, 0) is 0 Å². The second-order valence-corrected chi connectivity index (χ2v) is 7.47. The first-order chi connectivity index (χ1) is 15.1. The van der Waals surface area contributed by atoms with Crippen molar-refractivity contribution in [3.8, 4) is 11.5 Å². The van der Waals surface area contributed by atoms with Crippen molar-refractivity contribution < 1.29 is 13.9 Å². The third-order valence-electron chi connectivity index (χ3n) is 5.76. The highest BCUT2D eigenvalue weighted by molar-refractivity contribution is 5.93. The summed E-state index contributed by atoms with van der Waals surface area (Å²) in [6, 6.07) is 10.9. The summed E-state index contributed by atoms with van der Waals surface area (Å²) >= 11 is 0. The van der Waals surface area contributed by atoms with Gasteiger partial charge in [0.25, 0.3) is 0 Å². The third kappa shape index (κ3) is 5.57. The number of likely N-dealkylation sites (N-methyl/N-ethyl adjacent to an activating group) is 2. The van der Waals surface area contributed by atoms with Crippen molar-refractivity contribution in [3.63, 3.8) is 0 Å². The van der Waals surface area contributed by atoms with Crippen molar-refractivity contribution in [2.75, 3.05) is 52.5 Å². The lowest BCUT2D eigenvalue weighted by atomic mass is 10.1. The van der Waals surface area contributed by atoms with E-state index in [1.165, 1.54) is 0 Å². The Hall–Kier alpha value is -2.57. The van der Waals surface area contributed by atoms with Gasteiger partial charge in [-0.2, -0.15) is 0 Å². The van der Waals surface area contributed by atoms with E-state index in [-0.39, 0.29) is 5.43 Å². The van der Waals surface area contributed by atoms with Crippen molar-refractivity contribution in [2.45, 2.75) is 27.7 Å². The fraction of sp³-hybridized carbons (Fsp3) is 0.480. The zero-order chi connectivity index (χ0) is 22.2. The van der Waals surface area contributed by atoms with Gasteiger partial charge in [-0.1, -0.05) is 33.8 Å². The zero-order valence-electron chi connectivity index (χ0n) is 19.1. The standard InChI is InChI=1S/C25H34N2O4/c1-5-26(6-2)14-16-29-19-12-13-20-23(18-19)31-22-11-9-10-21(24(22)25(20)28)30-17-15-27(7-3)8-4/h9-13,18H,5-8,14-17H2,1-4H3. The zero-order valence-corrected chi connectivity index (χ0v) is 19.1. The van der Waals surface area contributed by atoms with Crippen LogP contribution in [0.3, 0.4) is 0 Å². The fourth-order valence-electron chi connectivity index (χ4n) is 3.71. The molecule has 3 aromatic rings. The Morgan fingerprint density at radius 1 is 0.806 bits per heavy atom. The molecule has 0 atom stereocenters. The Kier molecular flexibility index (Phi) is 8.32. The lowest BCUT2D eigenvalue weighted by molar-refractivity contribution is 0.223. The average molecular weight is 427 g/mol. The van der Waals surface area contributed by atoms with Gasteiger partial charge in [-0.25, -0.2) is 0 Å². The molecule has 0 unspecified atom stereocenters. The molecule has 6 heteroatoms. The number of benzene rings is 2. The summed E-state index contributed by atoms with van der Waals surface area (Å²) in [5.41, 5.74) is 0.973. The lowest BCUT2D eigenvalue weighted by Crippen LogP contribution is -2.28. The van der Waals surface area contributed by atoms with E-state index in [1.54, 1.807) is 18.2 Å². The molecule has 0 N–H and O–H groups in total. The molecular formula is C25H34N2O4. The maximum atomic E-state index is 13.2. The molecule has 0 radical (unpaired) electrons. The predicted molar refractivity (Wildman–Crippen MR) is 127 cm³/mol. The summed E-state index contributed by atoms with van der Waals surface area (Å²) in [6.07, 6.45) is 0. The van der Waals surface area contributed by atoms with Crippen LogP contribution in [0.25, 0.3) is 21.9 Å². The molecule has 31 heavy (non-hydrogen) atoms. The van der Waals surface area contributed by atoms with E-state index in [2.05, 4.69) is 37.5 Å². The summed E-state index contributed by atoms with van der Waals surface area (Å²) in [6.45, 7) is 15.3. The molecular weight excluding hydrogens is 392 g/mol. The van der Waals surface area contributed by atoms with Crippen LogP contribution in [0, 0.1) is 0 Å². The van der Waals surface area contributed by atoms with Crippen molar-refractivity contribution in [1.29, 1.82) is 0 Å². The predicted octanol–water partition coefficient (Wildman–Crippen LogP) is 4.39. The second-order valence-electron chi connectivity index (χ2n) is 7.47. The molecule has 0 saturated carbocycles. The van der Waals surface area contributed by atoms with Gasteiger partial charge in [0.2, 0.25) is 5.43 Å². The molecule has 0 amide bonds. The van der Waals surface area contributed by atoms with Gasteiger partial charge in [-0.15, -0.1) is 0 Å². The van der Waals surface area contributed by atoms with Gasteiger partial charge in [0, 0.05) is 19.2 Å². The molecule has 168 valence electrons.